The molecule has 2 aromatic rings. The van der Waals surface area contributed by atoms with Crippen molar-refractivity contribution in [2.24, 2.45) is 0 Å². The Morgan fingerprint density at radius 3 is 2.82 bits per heavy atom. The fourth-order valence-electron chi connectivity index (χ4n) is 1.85. The lowest BCUT2D eigenvalue weighted by Gasteiger charge is -2.06. The van der Waals surface area contributed by atoms with E-state index in [9.17, 15) is 9.90 Å². The summed E-state index contributed by atoms with van der Waals surface area (Å²) in [5.41, 5.74) is 1.57. The monoisotopic (exact) mass is 357 g/mol. The predicted octanol–water partition coefficient (Wildman–Crippen LogP) is 3.93. The van der Waals surface area contributed by atoms with Gasteiger partial charge in [0.25, 0.3) is 0 Å². The van der Waals surface area contributed by atoms with Crippen LogP contribution in [-0.4, -0.2) is 18.0 Å². The Morgan fingerprint density at radius 1 is 1.36 bits per heavy atom. The molecule has 0 spiro atoms. The molecule has 0 atom stereocenters. The first-order valence-electron chi connectivity index (χ1n) is 6.34. The zero-order valence-corrected chi connectivity index (χ0v) is 13.3. The van der Waals surface area contributed by atoms with Gasteiger partial charge in [-0.25, -0.2) is 0 Å². The van der Waals surface area contributed by atoms with Gasteiger partial charge in [0.1, 0.15) is 0 Å². The summed E-state index contributed by atoms with van der Waals surface area (Å²) in [5.74, 6) is 0.123. The summed E-state index contributed by atoms with van der Waals surface area (Å²) in [6, 6.07) is 11.6. The number of phenolic OH excluding ortho intramolecular Hbond substituents is 1. The molecule has 0 heterocycles. The third-order valence-corrected chi connectivity index (χ3v) is 3.68. The van der Waals surface area contributed by atoms with Crippen LogP contribution < -0.4 is 4.74 Å². The Kier molecular flexibility index (Phi) is 4.97. The van der Waals surface area contributed by atoms with Crippen LogP contribution in [0.4, 0.5) is 0 Å². The van der Waals surface area contributed by atoms with Crippen LogP contribution in [0.2, 0.25) is 0 Å². The highest BCUT2D eigenvalue weighted by molar-refractivity contribution is 9.10. The Hall–Kier alpha value is -2.58. The third kappa shape index (κ3) is 3.54. The van der Waals surface area contributed by atoms with Gasteiger partial charge in [-0.3, -0.25) is 4.79 Å². The van der Waals surface area contributed by atoms with Crippen molar-refractivity contribution >= 4 is 27.8 Å². The van der Waals surface area contributed by atoms with Crippen LogP contribution >= 0.6 is 15.9 Å². The standard InChI is InChI=1S/C17H12BrNO3/c1-22-17-8-12(14(18)9-16(17)21)5-6-15(20)13-4-2-3-11(7-13)10-19/h2-9,21H,1H3/b6-5+. The number of hydrogen-bond donors (Lipinski definition) is 1. The molecule has 0 aromatic heterocycles. The maximum absolute atomic E-state index is 12.1. The fraction of sp³-hybridized carbons (Fsp3) is 0.0588. The zero-order chi connectivity index (χ0) is 16.1. The average molecular weight is 358 g/mol. The molecule has 4 nitrogen and oxygen atoms in total. The summed E-state index contributed by atoms with van der Waals surface area (Å²) in [4.78, 5) is 12.1. The average Bonchev–Trinajstić information content (AvgIpc) is 2.53. The van der Waals surface area contributed by atoms with Crippen LogP contribution in [0, 0.1) is 11.3 Å². The Labute approximate surface area is 136 Å². The first-order chi connectivity index (χ1) is 10.5. The number of aromatic hydroxyl groups is 1. The molecule has 0 fully saturated rings. The zero-order valence-electron chi connectivity index (χ0n) is 11.7. The number of methoxy groups -OCH3 is 1. The molecule has 0 radical (unpaired) electrons. The number of hydrogen-bond acceptors (Lipinski definition) is 4. The lowest BCUT2D eigenvalue weighted by Crippen LogP contribution is -1.94. The lowest BCUT2D eigenvalue weighted by atomic mass is 10.1. The minimum Gasteiger partial charge on any atom is -0.504 e. The van der Waals surface area contributed by atoms with Crippen LogP contribution in [0.5, 0.6) is 11.5 Å². The Balaban J connectivity index is 2.28. The second kappa shape index (κ2) is 6.92. The van der Waals surface area contributed by atoms with Gasteiger partial charge >= 0.3 is 0 Å². The highest BCUT2D eigenvalue weighted by Gasteiger charge is 2.07. The van der Waals surface area contributed by atoms with E-state index in [0.29, 0.717) is 26.9 Å². The number of benzene rings is 2. The number of ketones is 1. The van der Waals surface area contributed by atoms with Gasteiger partial charge < -0.3 is 9.84 Å². The van der Waals surface area contributed by atoms with Crippen molar-refractivity contribution in [1.29, 1.82) is 5.26 Å². The maximum atomic E-state index is 12.1. The van der Waals surface area contributed by atoms with Crippen molar-refractivity contribution in [3.8, 4) is 17.6 Å². The van der Waals surface area contributed by atoms with E-state index in [1.165, 1.54) is 19.3 Å². The van der Waals surface area contributed by atoms with E-state index in [4.69, 9.17) is 10.00 Å². The number of ether oxygens (including phenoxy) is 1. The molecule has 2 rings (SSSR count). The normalized spacial score (nSPS) is 10.4. The van der Waals surface area contributed by atoms with E-state index in [-0.39, 0.29) is 11.5 Å². The van der Waals surface area contributed by atoms with Gasteiger partial charge in [0.2, 0.25) is 0 Å². The molecule has 0 aliphatic carbocycles. The van der Waals surface area contributed by atoms with E-state index in [1.54, 1.807) is 36.4 Å². The smallest absolute Gasteiger partial charge is 0.185 e. The number of phenols is 1. The van der Waals surface area contributed by atoms with Gasteiger partial charge in [-0.15, -0.1) is 0 Å². The minimum absolute atomic E-state index is 0.0135. The molecular formula is C17H12BrNO3. The van der Waals surface area contributed by atoms with E-state index < -0.39 is 0 Å². The number of carbonyl (C=O) groups is 1. The number of nitrogens with zero attached hydrogens (tertiary/aromatic N) is 1. The Bertz CT molecular complexity index is 791. The topological polar surface area (TPSA) is 70.3 Å². The second-order valence-electron chi connectivity index (χ2n) is 4.44. The Morgan fingerprint density at radius 2 is 2.14 bits per heavy atom. The minimum atomic E-state index is -0.212. The maximum Gasteiger partial charge on any atom is 0.185 e. The summed E-state index contributed by atoms with van der Waals surface area (Å²) in [6.07, 6.45) is 3.03. The van der Waals surface area contributed by atoms with E-state index in [2.05, 4.69) is 15.9 Å². The van der Waals surface area contributed by atoms with Gasteiger partial charge in [-0.1, -0.05) is 28.1 Å². The number of halogens is 1. The molecule has 0 bridgehead atoms. The van der Waals surface area contributed by atoms with Crippen LogP contribution in [0.15, 0.2) is 46.9 Å². The van der Waals surface area contributed by atoms with Gasteiger partial charge in [0.15, 0.2) is 17.3 Å². The molecule has 0 aliphatic rings. The molecule has 2 aromatic carbocycles. The SMILES string of the molecule is COc1cc(/C=C/C(=O)c2cccc(C#N)c2)c(Br)cc1O. The molecule has 0 unspecified atom stereocenters. The van der Waals surface area contributed by atoms with Crippen LogP contribution in [-0.2, 0) is 0 Å². The van der Waals surface area contributed by atoms with Crippen LogP contribution in [0.1, 0.15) is 21.5 Å². The largest absolute Gasteiger partial charge is 0.504 e. The van der Waals surface area contributed by atoms with Crippen molar-refractivity contribution < 1.29 is 14.6 Å². The van der Waals surface area contributed by atoms with Crippen LogP contribution in [0.25, 0.3) is 6.08 Å². The van der Waals surface area contributed by atoms with Gasteiger partial charge in [-0.2, -0.15) is 5.26 Å². The molecule has 110 valence electrons. The number of nitriles is 1. The summed E-state index contributed by atoms with van der Waals surface area (Å²) < 4.78 is 5.68. The quantitative estimate of drug-likeness (QED) is 0.664. The van der Waals surface area contributed by atoms with Crippen molar-refractivity contribution in [3.63, 3.8) is 0 Å². The molecule has 5 heteroatoms. The highest BCUT2D eigenvalue weighted by Crippen LogP contribution is 2.33. The molecule has 0 aliphatic heterocycles. The molecule has 22 heavy (non-hydrogen) atoms. The van der Waals surface area contributed by atoms with Gasteiger partial charge in [0.05, 0.1) is 18.7 Å². The highest BCUT2D eigenvalue weighted by atomic mass is 79.9. The molecular weight excluding hydrogens is 346 g/mol. The predicted molar refractivity (Wildman–Crippen MR) is 86.9 cm³/mol. The summed E-state index contributed by atoms with van der Waals surface area (Å²) >= 11 is 3.32. The number of rotatable bonds is 4. The first kappa shape index (κ1) is 15.8. The first-order valence-corrected chi connectivity index (χ1v) is 7.13. The van der Waals surface area contributed by atoms with Gasteiger partial charge in [0, 0.05) is 10.0 Å². The fourth-order valence-corrected chi connectivity index (χ4v) is 2.32. The van der Waals surface area contributed by atoms with E-state index >= 15 is 0 Å². The van der Waals surface area contributed by atoms with Crippen molar-refractivity contribution in [2.75, 3.05) is 7.11 Å². The molecule has 0 amide bonds. The second-order valence-corrected chi connectivity index (χ2v) is 5.29. The lowest BCUT2D eigenvalue weighted by molar-refractivity contribution is 0.104. The van der Waals surface area contributed by atoms with E-state index in [1.807, 2.05) is 6.07 Å². The van der Waals surface area contributed by atoms with Gasteiger partial charge in [-0.05, 0) is 42.0 Å². The molecule has 0 saturated heterocycles. The van der Waals surface area contributed by atoms with Crippen molar-refractivity contribution in [3.05, 3.63) is 63.6 Å². The third-order valence-electron chi connectivity index (χ3n) is 2.99. The summed E-state index contributed by atoms with van der Waals surface area (Å²) in [7, 11) is 1.45. The number of carbonyl (C=O) groups excluding carboxylic acids is 1. The van der Waals surface area contributed by atoms with E-state index in [0.717, 1.165) is 0 Å². The molecule has 1 N–H and O–H groups in total. The van der Waals surface area contributed by atoms with Crippen molar-refractivity contribution in [2.45, 2.75) is 0 Å². The number of allylic oxidation sites excluding steroid dienone is 1. The molecule has 0 saturated carbocycles. The summed E-state index contributed by atoms with van der Waals surface area (Å²) in [6.45, 7) is 0. The summed E-state index contributed by atoms with van der Waals surface area (Å²) in [5, 5.41) is 18.5. The van der Waals surface area contributed by atoms with Crippen molar-refractivity contribution in [1.82, 2.24) is 0 Å². The van der Waals surface area contributed by atoms with Crippen LogP contribution in [0.3, 0.4) is 0 Å².